The van der Waals surface area contributed by atoms with Crippen LogP contribution in [0.15, 0.2) is 24.3 Å². The molecule has 1 rings (SSSR count). The minimum atomic E-state index is -1.18. The third-order valence-electron chi connectivity index (χ3n) is 1.65. The van der Waals surface area contributed by atoms with Crippen molar-refractivity contribution < 1.29 is 0 Å². The topological polar surface area (TPSA) is 12.0 Å². The molecule has 0 aromatic heterocycles. The summed E-state index contributed by atoms with van der Waals surface area (Å²) < 4.78 is 1.33. The average molecular weight is 171 g/mol. The van der Waals surface area contributed by atoms with Crippen molar-refractivity contribution in [1.82, 2.24) is 0 Å². The van der Waals surface area contributed by atoms with Gasteiger partial charge in [0.05, 0.1) is 0 Å². The molecular formula is C9H14LiNSi. The first-order chi connectivity index (χ1) is 5.49. The molecule has 3 heteroatoms. The van der Waals surface area contributed by atoms with Gasteiger partial charge in [0.1, 0.15) is 0 Å². The second-order valence-electron chi connectivity index (χ2n) is 4.19. The number of anilines is 1. The van der Waals surface area contributed by atoms with Gasteiger partial charge in [0.15, 0.2) is 0 Å². The molecular weight excluding hydrogens is 157 g/mol. The normalized spacial score (nSPS) is 11.4. The molecule has 1 aromatic rings. The zero-order valence-corrected chi connectivity index (χ0v) is 9.31. The van der Waals surface area contributed by atoms with Gasteiger partial charge in [0, 0.05) is 0 Å². The van der Waals surface area contributed by atoms with Crippen molar-refractivity contribution in [2.45, 2.75) is 19.6 Å². The van der Waals surface area contributed by atoms with Crippen LogP contribution >= 0.6 is 0 Å². The summed E-state index contributed by atoms with van der Waals surface area (Å²) in [6.07, 6.45) is 0. The number of hydrogen-bond acceptors (Lipinski definition) is 1. The fraction of sp³-hybridized carbons (Fsp3) is 0.333. The Balaban J connectivity index is 2.83. The van der Waals surface area contributed by atoms with Gasteiger partial charge in [-0.3, -0.25) is 0 Å². The van der Waals surface area contributed by atoms with Crippen LogP contribution < -0.4 is 9.22 Å². The van der Waals surface area contributed by atoms with Crippen LogP contribution in [0, 0.1) is 0 Å². The van der Waals surface area contributed by atoms with Crippen LogP contribution in [0.1, 0.15) is 0 Å². The van der Waals surface area contributed by atoms with Crippen LogP contribution in [0.4, 0.5) is 5.69 Å². The molecule has 1 nitrogen and oxygen atoms in total. The van der Waals surface area contributed by atoms with Crippen molar-refractivity contribution in [3.63, 3.8) is 0 Å². The van der Waals surface area contributed by atoms with E-state index in [1.807, 2.05) is 0 Å². The molecule has 0 aliphatic carbocycles. The van der Waals surface area contributed by atoms with E-state index in [1.165, 1.54) is 9.92 Å². The van der Waals surface area contributed by atoms with E-state index in [2.05, 4.69) is 66.6 Å². The van der Waals surface area contributed by atoms with Gasteiger partial charge in [-0.05, 0) is 0 Å². The van der Waals surface area contributed by atoms with Gasteiger partial charge in [0.25, 0.3) is 0 Å². The number of para-hydroxylation sites is 1. The molecule has 0 spiro atoms. The van der Waals surface area contributed by atoms with Crippen molar-refractivity contribution in [2.75, 3.05) is 4.98 Å². The Hall–Kier alpha value is -0.166. The molecule has 0 atom stereocenters. The van der Waals surface area contributed by atoms with E-state index in [1.54, 1.807) is 0 Å². The van der Waals surface area contributed by atoms with Gasteiger partial charge in [0.2, 0.25) is 0 Å². The first kappa shape index (κ1) is 9.92. The van der Waals surface area contributed by atoms with Crippen LogP contribution in [0.25, 0.3) is 0 Å². The van der Waals surface area contributed by atoms with Crippen LogP contribution in [-0.2, 0) is 0 Å². The molecule has 0 saturated heterocycles. The monoisotopic (exact) mass is 171 g/mol. The quantitative estimate of drug-likeness (QED) is 0.668. The second-order valence-corrected chi connectivity index (χ2v) is 8.94. The Bertz CT molecular complexity index is 267. The Morgan fingerprint density at radius 2 is 1.75 bits per heavy atom. The van der Waals surface area contributed by atoms with E-state index in [0.717, 1.165) is 0 Å². The van der Waals surface area contributed by atoms with Gasteiger partial charge in [-0.1, -0.05) is 0 Å². The van der Waals surface area contributed by atoms with E-state index in [0.29, 0.717) is 0 Å². The maximum absolute atomic E-state index is 3.59. The Kier molecular flexibility index (Phi) is 3.06. The molecule has 1 N–H and O–H groups in total. The molecule has 60 valence electrons. The maximum atomic E-state index is 3.59. The third kappa shape index (κ3) is 3.06. The summed E-state index contributed by atoms with van der Waals surface area (Å²) in [5.74, 6) is 0. The van der Waals surface area contributed by atoms with Crippen molar-refractivity contribution in [2.24, 2.45) is 0 Å². The predicted molar refractivity (Wildman–Crippen MR) is 58.8 cm³/mol. The van der Waals surface area contributed by atoms with Crippen LogP contribution in [0.5, 0.6) is 0 Å². The summed E-state index contributed by atoms with van der Waals surface area (Å²) >= 11 is 2.14. The minimum absolute atomic E-state index is 1.18. The first-order valence-electron chi connectivity index (χ1n) is 4.33. The predicted octanol–water partition coefficient (Wildman–Crippen LogP) is 1.73. The van der Waals surface area contributed by atoms with Gasteiger partial charge < -0.3 is 0 Å². The molecule has 0 radical (unpaired) electrons. The van der Waals surface area contributed by atoms with Gasteiger partial charge in [-0.25, -0.2) is 0 Å². The van der Waals surface area contributed by atoms with E-state index >= 15 is 0 Å². The van der Waals surface area contributed by atoms with Gasteiger partial charge >= 0.3 is 84.8 Å². The van der Waals surface area contributed by atoms with Gasteiger partial charge in [-0.15, -0.1) is 0 Å². The Morgan fingerprint density at radius 3 is 2.25 bits per heavy atom. The van der Waals surface area contributed by atoms with Crippen LogP contribution in [-0.4, -0.2) is 26.0 Å². The Morgan fingerprint density at radius 1 is 1.17 bits per heavy atom. The van der Waals surface area contributed by atoms with Crippen LogP contribution in [0.2, 0.25) is 19.6 Å². The molecule has 0 heterocycles. The van der Waals surface area contributed by atoms with E-state index < -0.39 is 8.24 Å². The summed E-state index contributed by atoms with van der Waals surface area (Å²) in [6, 6.07) is 8.44. The van der Waals surface area contributed by atoms with Crippen molar-refractivity contribution in [3.05, 3.63) is 24.3 Å². The van der Waals surface area contributed by atoms with Crippen molar-refractivity contribution in [1.29, 1.82) is 0 Å². The fourth-order valence-electron chi connectivity index (χ4n) is 1.12. The molecule has 12 heavy (non-hydrogen) atoms. The first-order valence-corrected chi connectivity index (χ1v) is 7.83. The Labute approximate surface area is 84.9 Å². The molecule has 0 aliphatic heterocycles. The standard InChI is InChI=1S/C9H14NSi.Li/c1-11(2,3)10-9-7-5-4-6-8-9;/h4-7,10H,1-3H3;. The van der Waals surface area contributed by atoms with Crippen molar-refractivity contribution in [3.8, 4) is 0 Å². The summed E-state index contributed by atoms with van der Waals surface area (Å²) in [5.41, 5.74) is 1.29. The summed E-state index contributed by atoms with van der Waals surface area (Å²) in [7, 11) is -1.18. The zero-order valence-electron chi connectivity index (χ0n) is 8.31. The number of benzene rings is 1. The molecule has 0 bridgehead atoms. The number of hydrogen-bond donors (Lipinski definition) is 1. The fourth-order valence-corrected chi connectivity index (χ4v) is 2.21. The van der Waals surface area contributed by atoms with Crippen molar-refractivity contribution >= 4 is 35.9 Å². The molecule has 0 fully saturated rings. The van der Waals surface area contributed by atoms with E-state index in [-0.39, 0.29) is 0 Å². The van der Waals surface area contributed by atoms with Gasteiger partial charge in [-0.2, -0.15) is 0 Å². The third-order valence-corrected chi connectivity index (χ3v) is 2.67. The summed E-state index contributed by atoms with van der Waals surface area (Å²) in [4.78, 5) is 3.59. The SMILES string of the molecule is [Li][c]1ccccc1N[Si](C)(C)C. The zero-order chi connectivity index (χ0) is 9.19. The average Bonchev–Trinajstić information content (AvgIpc) is 1.91. The number of nitrogens with one attached hydrogen (secondary N) is 1. The summed E-state index contributed by atoms with van der Waals surface area (Å²) in [6.45, 7) is 6.92. The van der Waals surface area contributed by atoms with Crippen LogP contribution in [0.3, 0.4) is 0 Å². The second kappa shape index (κ2) is 3.70. The van der Waals surface area contributed by atoms with E-state index in [4.69, 9.17) is 0 Å². The molecule has 0 amide bonds. The molecule has 1 aromatic carbocycles. The van der Waals surface area contributed by atoms with E-state index in [9.17, 15) is 0 Å². The molecule has 0 saturated carbocycles. The summed E-state index contributed by atoms with van der Waals surface area (Å²) in [5, 5.41) is 0. The number of rotatable bonds is 2. The molecule has 0 aliphatic rings. The molecule has 0 unspecified atom stereocenters.